The minimum atomic E-state index is -1.10. The number of carboxylic acids is 1. The number of carbonyl (C=O) groups excluding carboxylic acids is 2. The molecule has 0 heterocycles. The Morgan fingerprint density at radius 1 is 1.24 bits per heavy atom. The van der Waals surface area contributed by atoms with Gasteiger partial charge in [-0.2, -0.15) is 0 Å². The van der Waals surface area contributed by atoms with Crippen LogP contribution in [0.5, 0.6) is 0 Å². The van der Waals surface area contributed by atoms with Crippen LogP contribution in [0.15, 0.2) is 24.3 Å². The zero-order valence-corrected chi connectivity index (χ0v) is 11.7. The smallest absolute Gasteiger partial charge is 0.326 e. The lowest BCUT2D eigenvalue weighted by Gasteiger charge is -2.14. The molecule has 7 nitrogen and oxygen atoms in total. The van der Waals surface area contributed by atoms with E-state index in [1.54, 1.807) is 0 Å². The van der Waals surface area contributed by atoms with Crippen LogP contribution in [0.2, 0.25) is 0 Å². The van der Waals surface area contributed by atoms with Gasteiger partial charge in [-0.25, -0.2) is 4.79 Å². The number of carbonyl (C=O) groups is 3. The van der Waals surface area contributed by atoms with Gasteiger partial charge in [-0.3, -0.25) is 9.59 Å². The summed E-state index contributed by atoms with van der Waals surface area (Å²) in [5, 5.41) is 11.5. The highest BCUT2D eigenvalue weighted by atomic mass is 16.5. The molecule has 7 heteroatoms. The Morgan fingerprint density at radius 3 is 2.29 bits per heavy atom. The summed E-state index contributed by atoms with van der Waals surface area (Å²) < 4.78 is 4.85. The molecule has 1 unspecified atom stereocenters. The van der Waals surface area contributed by atoms with Crippen LogP contribution in [0.3, 0.4) is 0 Å². The van der Waals surface area contributed by atoms with Crippen molar-refractivity contribution in [2.75, 3.05) is 13.7 Å². The minimum absolute atomic E-state index is 0.262. The predicted molar refractivity (Wildman–Crippen MR) is 75.0 cm³/mol. The van der Waals surface area contributed by atoms with Crippen molar-refractivity contribution in [3.8, 4) is 0 Å². The highest BCUT2D eigenvalue weighted by Crippen LogP contribution is 2.06. The lowest BCUT2D eigenvalue weighted by molar-refractivity contribution is -0.139. The number of methoxy groups -OCH3 is 1. The first kappa shape index (κ1) is 16.6. The van der Waals surface area contributed by atoms with Crippen molar-refractivity contribution in [1.29, 1.82) is 0 Å². The van der Waals surface area contributed by atoms with Gasteiger partial charge in [0.15, 0.2) is 0 Å². The van der Waals surface area contributed by atoms with Crippen LogP contribution < -0.4 is 11.1 Å². The molecular weight excluding hydrogens is 276 g/mol. The average Bonchev–Trinajstić information content (AvgIpc) is 2.46. The van der Waals surface area contributed by atoms with Crippen LogP contribution in [0.25, 0.3) is 0 Å². The molecule has 0 fully saturated rings. The summed E-state index contributed by atoms with van der Waals surface area (Å²) in [5.41, 5.74) is 5.64. The molecule has 0 saturated carbocycles. The van der Waals surface area contributed by atoms with E-state index in [4.69, 9.17) is 15.6 Å². The molecule has 114 valence electrons. The number of nitrogens with two attached hydrogens (primary N) is 1. The normalized spacial score (nSPS) is 11.7. The van der Waals surface area contributed by atoms with Gasteiger partial charge in [0.25, 0.3) is 5.91 Å². The molecule has 0 saturated heterocycles. The van der Waals surface area contributed by atoms with E-state index in [-0.39, 0.29) is 17.5 Å². The molecule has 0 aliphatic heterocycles. The Morgan fingerprint density at radius 2 is 1.81 bits per heavy atom. The molecule has 0 aliphatic carbocycles. The van der Waals surface area contributed by atoms with Crippen LogP contribution in [-0.4, -0.2) is 42.6 Å². The fourth-order valence-corrected chi connectivity index (χ4v) is 1.72. The maximum absolute atomic E-state index is 12.0. The summed E-state index contributed by atoms with van der Waals surface area (Å²) in [5.74, 6) is -2.21. The van der Waals surface area contributed by atoms with Gasteiger partial charge in [0.2, 0.25) is 5.91 Å². The summed E-state index contributed by atoms with van der Waals surface area (Å²) in [6.45, 7) is 0.424. The SMILES string of the molecule is COCCCC(NC(=O)c1ccc(C(N)=O)cc1)C(=O)O. The number of benzene rings is 1. The van der Waals surface area contributed by atoms with Crippen molar-refractivity contribution in [3.63, 3.8) is 0 Å². The summed E-state index contributed by atoms with van der Waals surface area (Å²) >= 11 is 0. The molecule has 1 aromatic rings. The van der Waals surface area contributed by atoms with Crippen LogP contribution in [-0.2, 0) is 9.53 Å². The maximum Gasteiger partial charge on any atom is 0.326 e. The van der Waals surface area contributed by atoms with E-state index in [2.05, 4.69) is 5.32 Å². The molecular formula is C14H18N2O5. The number of ether oxygens (including phenoxy) is 1. The zero-order valence-electron chi connectivity index (χ0n) is 11.7. The van der Waals surface area contributed by atoms with E-state index in [1.165, 1.54) is 31.4 Å². The van der Waals surface area contributed by atoms with Crippen molar-refractivity contribution < 1.29 is 24.2 Å². The third-order valence-corrected chi connectivity index (χ3v) is 2.88. The highest BCUT2D eigenvalue weighted by molar-refractivity contribution is 5.98. The minimum Gasteiger partial charge on any atom is -0.480 e. The third kappa shape index (κ3) is 5.23. The molecule has 1 rings (SSSR count). The van der Waals surface area contributed by atoms with E-state index in [0.717, 1.165) is 0 Å². The summed E-state index contributed by atoms with van der Waals surface area (Å²) in [6, 6.07) is 4.69. The number of nitrogens with one attached hydrogen (secondary N) is 1. The fourth-order valence-electron chi connectivity index (χ4n) is 1.72. The predicted octanol–water partition coefficient (Wildman–Crippen LogP) is 0.395. The quantitative estimate of drug-likeness (QED) is 0.599. The van der Waals surface area contributed by atoms with Gasteiger partial charge in [0.05, 0.1) is 0 Å². The Bertz CT molecular complexity index is 513. The largest absolute Gasteiger partial charge is 0.480 e. The van der Waals surface area contributed by atoms with Crippen molar-refractivity contribution in [1.82, 2.24) is 5.32 Å². The number of carboxylic acid groups (broad SMARTS) is 1. The molecule has 0 radical (unpaired) electrons. The van der Waals surface area contributed by atoms with Crippen molar-refractivity contribution in [2.45, 2.75) is 18.9 Å². The number of amides is 2. The Labute approximate surface area is 122 Å². The van der Waals surface area contributed by atoms with Crippen LogP contribution in [0, 0.1) is 0 Å². The van der Waals surface area contributed by atoms with Crippen molar-refractivity contribution in [2.24, 2.45) is 5.73 Å². The van der Waals surface area contributed by atoms with Gasteiger partial charge in [0, 0.05) is 24.8 Å². The topological polar surface area (TPSA) is 119 Å². The van der Waals surface area contributed by atoms with Gasteiger partial charge < -0.3 is 20.9 Å². The molecule has 0 spiro atoms. The van der Waals surface area contributed by atoms with Crippen molar-refractivity contribution in [3.05, 3.63) is 35.4 Å². The summed E-state index contributed by atoms with van der Waals surface area (Å²) in [6.07, 6.45) is 0.794. The number of hydrogen-bond acceptors (Lipinski definition) is 4. The third-order valence-electron chi connectivity index (χ3n) is 2.88. The van der Waals surface area contributed by atoms with E-state index < -0.39 is 23.8 Å². The maximum atomic E-state index is 12.0. The van der Waals surface area contributed by atoms with Crippen molar-refractivity contribution >= 4 is 17.8 Å². The van der Waals surface area contributed by atoms with E-state index >= 15 is 0 Å². The Kier molecular flexibility index (Phi) is 6.35. The van der Waals surface area contributed by atoms with Gasteiger partial charge in [-0.05, 0) is 37.1 Å². The Hall–Kier alpha value is -2.41. The van der Waals surface area contributed by atoms with E-state index in [0.29, 0.717) is 13.0 Å². The van der Waals surface area contributed by atoms with Gasteiger partial charge in [-0.15, -0.1) is 0 Å². The van der Waals surface area contributed by atoms with Crippen LogP contribution in [0.4, 0.5) is 0 Å². The fraction of sp³-hybridized carbons (Fsp3) is 0.357. The average molecular weight is 294 g/mol. The summed E-state index contributed by atoms with van der Waals surface area (Å²) in [4.78, 5) is 34.0. The van der Waals surface area contributed by atoms with Crippen LogP contribution >= 0.6 is 0 Å². The van der Waals surface area contributed by atoms with Crippen LogP contribution in [0.1, 0.15) is 33.6 Å². The number of aliphatic carboxylic acids is 1. The van der Waals surface area contributed by atoms with E-state index in [9.17, 15) is 14.4 Å². The van der Waals surface area contributed by atoms with Gasteiger partial charge in [0.1, 0.15) is 6.04 Å². The van der Waals surface area contributed by atoms with Gasteiger partial charge in [-0.1, -0.05) is 0 Å². The Balaban J connectivity index is 2.68. The molecule has 0 bridgehead atoms. The molecule has 1 atom stereocenters. The molecule has 0 aromatic heterocycles. The number of rotatable bonds is 8. The first-order chi connectivity index (χ1) is 9.95. The summed E-state index contributed by atoms with van der Waals surface area (Å²) in [7, 11) is 1.52. The molecule has 4 N–H and O–H groups in total. The lowest BCUT2D eigenvalue weighted by Crippen LogP contribution is -2.40. The molecule has 21 heavy (non-hydrogen) atoms. The second kappa shape index (κ2) is 8.01. The zero-order chi connectivity index (χ0) is 15.8. The molecule has 1 aromatic carbocycles. The standard InChI is InChI=1S/C14H18N2O5/c1-21-8-2-3-11(14(19)20)16-13(18)10-6-4-9(5-7-10)12(15)17/h4-7,11H,2-3,8H2,1H3,(H2,15,17)(H,16,18)(H,19,20). The monoisotopic (exact) mass is 294 g/mol. The van der Waals surface area contributed by atoms with Gasteiger partial charge >= 0.3 is 5.97 Å². The van der Waals surface area contributed by atoms with E-state index in [1.807, 2.05) is 0 Å². The number of primary amides is 1. The second-order valence-electron chi connectivity index (χ2n) is 4.44. The highest BCUT2D eigenvalue weighted by Gasteiger charge is 2.20. The molecule has 2 amide bonds. The first-order valence-corrected chi connectivity index (χ1v) is 6.38. The first-order valence-electron chi connectivity index (χ1n) is 6.38. The second-order valence-corrected chi connectivity index (χ2v) is 4.44. The number of hydrogen-bond donors (Lipinski definition) is 3. The lowest BCUT2D eigenvalue weighted by atomic mass is 10.1. The molecule has 0 aliphatic rings.